The van der Waals surface area contributed by atoms with Crippen molar-refractivity contribution in [1.29, 1.82) is 0 Å². The summed E-state index contributed by atoms with van der Waals surface area (Å²) < 4.78 is 0. The number of hydrogen-bond acceptors (Lipinski definition) is 2. The van der Waals surface area contributed by atoms with Gasteiger partial charge in [-0.2, -0.15) is 0 Å². The third-order valence-electron chi connectivity index (χ3n) is 4.77. The molecule has 1 aliphatic rings. The van der Waals surface area contributed by atoms with Gasteiger partial charge in [0.25, 0.3) is 0 Å². The zero-order valence-electron chi connectivity index (χ0n) is 15.3. The molecule has 1 atom stereocenters. The zero-order chi connectivity index (χ0) is 17.7. The van der Waals surface area contributed by atoms with Crippen LogP contribution in [0.25, 0.3) is 0 Å². The maximum atomic E-state index is 12.3. The van der Waals surface area contributed by atoms with Crippen LogP contribution in [0.15, 0.2) is 30.3 Å². The molecular formula is C20H30N2O2. The van der Waals surface area contributed by atoms with Crippen LogP contribution in [0.4, 0.5) is 0 Å². The van der Waals surface area contributed by atoms with Crippen LogP contribution in [0.1, 0.15) is 64.9 Å². The van der Waals surface area contributed by atoms with Crippen LogP contribution in [-0.4, -0.2) is 23.9 Å². The van der Waals surface area contributed by atoms with Gasteiger partial charge in [0.2, 0.25) is 11.8 Å². The van der Waals surface area contributed by atoms with Gasteiger partial charge in [0, 0.05) is 11.5 Å². The van der Waals surface area contributed by atoms with E-state index in [2.05, 4.69) is 34.9 Å². The normalized spacial score (nSPS) is 22.5. The summed E-state index contributed by atoms with van der Waals surface area (Å²) in [4.78, 5) is 24.3. The van der Waals surface area contributed by atoms with Gasteiger partial charge in [0.05, 0.1) is 0 Å². The van der Waals surface area contributed by atoms with Crippen LogP contribution in [0.2, 0.25) is 0 Å². The van der Waals surface area contributed by atoms with Crippen LogP contribution >= 0.6 is 0 Å². The SMILES string of the molecule is CC(NC(=O)C(C)(C)C)C(=O)NC1CCC(c2ccccc2)CC1. The quantitative estimate of drug-likeness (QED) is 0.889. The van der Waals surface area contributed by atoms with E-state index in [-0.39, 0.29) is 17.9 Å². The first-order valence-electron chi connectivity index (χ1n) is 8.93. The predicted octanol–water partition coefficient (Wildman–Crippen LogP) is 3.38. The summed E-state index contributed by atoms with van der Waals surface area (Å²) in [7, 11) is 0. The van der Waals surface area contributed by atoms with Gasteiger partial charge in [-0.25, -0.2) is 0 Å². The van der Waals surface area contributed by atoms with Crippen molar-refractivity contribution in [3.05, 3.63) is 35.9 Å². The van der Waals surface area contributed by atoms with E-state index in [1.165, 1.54) is 5.56 Å². The average molecular weight is 330 g/mol. The number of benzene rings is 1. The monoisotopic (exact) mass is 330 g/mol. The molecular weight excluding hydrogens is 300 g/mol. The first kappa shape index (κ1) is 18.5. The van der Waals surface area contributed by atoms with E-state index in [1.54, 1.807) is 6.92 Å². The van der Waals surface area contributed by atoms with E-state index in [0.717, 1.165) is 25.7 Å². The minimum absolute atomic E-state index is 0.0873. The number of hydrogen-bond donors (Lipinski definition) is 2. The maximum Gasteiger partial charge on any atom is 0.242 e. The first-order chi connectivity index (χ1) is 11.3. The van der Waals surface area contributed by atoms with Gasteiger partial charge < -0.3 is 10.6 Å². The van der Waals surface area contributed by atoms with Crippen molar-refractivity contribution < 1.29 is 9.59 Å². The van der Waals surface area contributed by atoms with Gasteiger partial charge in [-0.15, -0.1) is 0 Å². The van der Waals surface area contributed by atoms with Crippen molar-refractivity contribution in [3.8, 4) is 0 Å². The summed E-state index contributed by atoms with van der Waals surface area (Å²) in [6, 6.07) is 10.3. The lowest BCUT2D eigenvalue weighted by Crippen LogP contribution is -2.50. The van der Waals surface area contributed by atoms with Crippen molar-refractivity contribution in [3.63, 3.8) is 0 Å². The van der Waals surface area contributed by atoms with Crippen molar-refractivity contribution >= 4 is 11.8 Å². The van der Waals surface area contributed by atoms with Crippen molar-refractivity contribution in [2.24, 2.45) is 5.41 Å². The van der Waals surface area contributed by atoms with Gasteiger partial charge in [-0.05, 0) is 44.1 Å². The molecule has 1 saturated carbocycles. The number of nitrogens with one attached hydrogen (secondary N) is 2. The highest BCUT2D eigenvalue weighted by Gasteiger charge is 2.27. The van der Waals surface area contributed by atoms with E-state index in [4.69, 9.17) is 0 Å². The van der Waals surface area contributed by atoms with E-state index >= 15 is 0 Å². The fraction of sp³-hybridized carbons (Fsp3) is 0.600. The highest BCUT2D eigenvalue weighted by molar-refractivity contribution is 5.89. The molecule has 1 unspecified atom stereocenters. The summed E-state index contributed by atoms with van der Waals surface area (Å²) in [5.41, 5.74) is 0.913. The van der Waals surface area contributed by atoms with E-state index < -0.39 is 11.5 Å². The maximum absolute atomic E-state index is 12.3. The van der Waals surface area contributed by atoms with Gasteiger partial charge in [0.15, 0.2) is 0 Å². The van der Waals surface area contributed by atoms with Gasteiger partial charge in [-0.1, -0.05) is 51.1 Å². The Kier molecular flexibility index (Phi) is 6.03. The second-order valence-corrected chi connectivity index (χ2v) is 7.91. The highest BCUT2D eigenvalue weighted by Crippen LogP contribution is 2.32. The van der Waals surface area contributed by atoms with Gasteiger partial charge in [0.1, 0.15) is 6.04 Å². The molecule has 0 aliphatic heterocycles. The van der Waals surface area contributed by atoms with E-state index in [9.17, 15) is 9.59 Å². The van der Waals surface area contributed by atoms with Crippen LogP contribution in [0.5, 0.6) is 0 Å². The predicted molar refractivity (Wildman–Crippen MR) is 96.6 cm³/mol. The number of carbonyl (C=O) groups excluding carboxylic acids is 2. The number of carbonyl (C=O) groups is 2. The molecule has 2 N–H and O–H groups in total. The lowest BCUT2D eigenvalue weighted by Gasteiger charge is -2.30. The largest absolute Gasteiger partial charge is 0.352 e. The molecule has 0 aromatic heterocycles. The second kappa shape index (κ2) is 7.82. The minimum atomic E-state index is -0.497. The number of amides is 2. The summed E-state index contributed by atoms with van der Waals surface area (Å²) >= 11 is 0. The van der Waals surface area contributed by atoms with Crippen LogP contribution in [0, 0.1) is 5.41 Å². The van der Waals surface area contributed by atoms with Gasteiger partial charge in [-0.3, -0.25) is 9.59 Å². The smallest absolute Gasteiger partial charge is 0.242 e. The van der Waals surface area contributed by atoms with E-state index in [1.807, 2.05) is 26.8 Å². The minimum Gasteiger partial charge on any atom is -0.352 e. The molecule has 24 heavy (non-hydrogen) atoms. The lowest BCUT2D eigenvalue weighted by atomic mass is 9.82. The Morgan fingerprint density at radius 3 is 2.17 bits per heavy atom. The standard InChI is InChI=1S/C20H30N2O2/c1-14(21-19(24)20(2,3)4)18(23)22-17-12-10-16(11-13-17)15-8-6-5-7-9-15/h5-9,14,16-17H,10-13H2,1-4H3,(H,21,24)(H,22,23). The average Bonchev–Trinajstić information content (AvgIpc) is 2.55. The fourth-order valence-electron chi connectivity index (χ4n) is 3.10. The Bertz CT molecular complexity index is 555. The van der Waals surface area contributed by atoms with Crippen molar-refractivity contribution in [2.45, 2.75) is 71.4 Å². The molecule has 0 bridgehead atoms. The fourth-order valence-corrected chi connectivity index (χ4v) is 3.10. The summed E-state index contributed by atoms with van der Waals surface area (Å²) in [6.07, 6.45) is 4.17. The molecule has 0 radical (unpaired) electrons. The Morgan fingerprint density at radius 1 is 1.04 bits per heavy atom. The van der Waals surface area contributed by atoms with Crippen LogP contribution < -0.4 is 10.6 Å². The Morgan fingerprint density at radius 2 is 1.62 bits per heavy atom. The molecule has 0 saturated heterocycles. The Labute approximate surface area is 145 Å². The summed E-state index contributed by atoms with van der Waals surface area (Å²) in [5, 5.41) is 5.89. The molecule has 0 spiro atoms. The molecule has 4 heteroatoms. The molecule has 0 heterocycles. The van der Waals surface area contributed by atoms with Crippen molar-refractivity contribution in [2.75, 3.05) is 0 Å². The first-order valence-corrected chi connectivity index (χ1v) is 8.93. The van der Waals surface area contributed by atoms with E-state index in [0.29, 0.717) is 5.92 Å². The van der Waals surface area contributed by atoms with Crippen LogP contribution in [-0.2, 0) is 9.59 Å². The molecule has 2 rings (SSSR count). The number of rotatable bonds is 4. The molecule has 4 nitrogen and oxygen atoms in total. The van der Waals surface area contributed by atoms with Crippen LogP contribution in [0.3, 0.4) is 0 Å². The molecule has 1 aliphatic carbocycles. The summed E-state index contributed by atoms with van der Waals surface area (Å²) in [6.45, 7) is 7.28. The molecule has 1 aromatic carbocycles. The Hall–Kier alpha value is -1.84. The third kappa shape index (κ3) is 5.08. The molecule has 2 amide bonds. The molecule has 1 fully saturated rings. The second-order valence-electron chi connectivity index (χ2n) is 7.91. The van der Waals surface area contributed by atoms with Gasteiger partial charge >= 0.3 is 0 Å². The molecule has 1 aromatic rings. The third-order valence-corrected chi connectivity index (χ3v) is 4.77. The lowest BCUT2D eigenvalue weighted by molar-refractivity contribution is -0.133. The Balaban J connectivity index is 1.79. The highest BCUT2D eigenvalue weighted by atomic mass is 16.2. The zero-order valence-corrected chi connectivity index (χ0v) is 15.3. The molecule has 132 valence electrons. The summed E-state index contributed by atoms with van der Waals surface area (Å²) in [5.74, 6) is 0.408. The topological polar surface area (TPSA) is 58.2 Å². The van der Waals surface area contributed by atoms with Crippen molar-refractivity contribution in [1.82, 2.24) is 10.6 Å².